The lowest BCUT2D eigenvalue weighted by atomic mass is 9.93. The molecule has 8 aromatic carbocycles. The fourth-order valence-electron chi connectivity index (χ4n) is 8.08. The Hall–Kier alpha value is -7.50. The van der Waals surface area contributed by atoms with E-state index < -0.39 is 6.17 Å². The summed E-state index contributed by atoms with van der Waals surface area (Å²) in [7, 11) is 0. The number of hydrogen-bond acceptors (Lipinski definition) is 5. The third-order valence-corrected chi connectivity index (χ3v) is 10.8. The van der Waals surface area contributed by atoms with Gasteiger partial charge in [0.1, 0.15) is 28.2 Å². The van der Waals surface area contributed by atoms with Gasteiger partial charge in [0, 0.05) is 32.7 Å². The second-order valence-corrected chi connectivity index (χ2v) is 14.1. The number of fused-ring (bicyclic) bond motifs is 6. The molecule has 0 saturated carbocycles. The van der Waals surface area contributed by atoms with E-state index in [1.807, 2.05) is 48.5 Å². The zero-order valence-corrected chi connectivity index (χ0v) is 30.2. The molecule has 0 aliphatic carbocycles. The first-order valence-electron chi connectivity index (χ1n) is 18.8. The Morgan fingerprint density at radius 3 is 1.71 bits per heavy atom. The normalized spacial score (nSPS) is 14.2. The standard InChI is InChI=1S/C51H33N3O2/c1-3-14-32(15-4-1)34-18-11-19-35(30-34)36-20-12-21-37(31-36)38-28-29-43(48-46(38)41-23-8-10-27-45(41)56-48)51-53-49(33-16-5-2-6-17-33)52-50(54-51)42-25-13-24-40-39-22-7-9-26-44(39)55-47(40)42/h1-31,50H,(H,52,53,54). The molecule has 1 atom stereocenters. The van der Waals surface area contributed by atoms with Crippen LogP contribution in [0.25, 0.3) is 77.3 Å². The van der Waals surface area contributed by atoms with Gasteiger partial charge in [0.25, 0.3) is 0 Å². The lowest BCUT2D eigenvalue weighted by Gasteiger charge is -2.24. The lowest BCUT2D eigenvalue weighted by Crippen LogP contribution is -2.33. The van der Waals surface area contributed by atoms with Crippen molar-refractivity contribution < 1.29 is 8.83 Å². The first kappa shape index (κ1) is 32.0. The van der Waals surface area contributed by atoms with Crippen LogP contribution >= 0.6 is 0 Å². The number of amidine groups is 2. The maximum absolute atomic E-state index is 6.78. The number of hydrogen-bond donors (Lipinski definition) is 1. The molecule has 0 saturated heterocycles. The van der Waals surface area contributed by atoms with Crippen LogP contribution in [0.1, 0.15) is 22.9 Å². The molecule has 1 aliphatic heterocycles. The quantitative estimate of drug-likeness (QED) is 0.186. The SMILES string of the molecule is c1ccc(C2=NC(c3ccc(-c4cccc(-c5cccc(-c6ccccc6)c5)c4)c4c3oc3ccccc34)=NC(c3cccc4c3oc3ccccc34)N2)cc1. The van der Waals surface area contributed by atoms with Crippen LogP contribution in [0.5, 0.6) is 0 Å². The molecular weight excluding hydrogens is 687 g/mol. The summed E-state index contributed by atoms with van der Waals surface area (Å²) in [6, 6.07) is 65.2. The van der Waals surface area contributed by atoms with Gasteiger partial charge in [-0.1, -0.05) is 158 Å². The molecule has 1 aliphatic rings. The summed E-state index contributed by atoms with van der Waals surface area (Å²) in [5, 5.41) is 7.85. The number of para-hydroxylation sites is 3. The Kier molecular flexibility index (Phi) is 7.49. The highest BCUT2D eigenvalue weighted by atomic mass is 16.3. The summed E-state index contributed by atoms with van der Waals surface area (Å²) >= 11 is 0. The second kappa shape index (κ2) is 13.1. The van der Waals surface area contributed by atoms with Gasteiger partial charge in [-0.2, -0.15) is 0 Å². The van der Waals surface area contributed by atoms with Gasteiger partial charge in [0.2, 0.25) is 0 Å². The number of aliphatic imine (C=N–C) groups is 2. The maximum Gasteiger partial charge on any atom is 0.163 e. The largest absolute Gasteiger partial charge is 0.456 e. The number of nitrogens with zero attached hydrogens (tertiary/aromatic N) is 2. The van der Waals surface area contributed by atoms with Crippen LogP contribution in [0, 0.1) is 0 Å². The van der Waals surface area contributed by atoms with E-state index in [0.717, 1.165) is 88.7 Å². The molecule has 1 unspecified atom stereocenters. The summed E-state index contributed by atoms with van der Waals surface area (Å²) < 4.78 is 13.3. The predicted molar refractivity (Wildman–Crippen MR) is 229 cm³/mol. The Balaban J connectivity index is 1.08. The smallest absolute Gasteiger partial charge is 0.163 e. The topological polar surface area (TPSA) is 63.0 Å². The molecule has 0 fully saturated rings. The molecule has 0 bridgehead atoms. The zero-order chi connectivity index (χ0) is 37.0. The highest BCUT2D eigenvalue weighted by molar-refractivity contribution is 6.22. The van der Waals surface area contributed by atoms with Crippen LogP contribution in [0.2, 0.25) is 0 Å². The molecule has 5 heteroatoms. The van der Waals surface area contributed by atoms with Gasteiger partial charge in [-0.3, -0.25) is 0 Å². The van der Waals surface area contributed by atoms with Crippen molar-refractivity contribution >= 4 is 55.5 Å². The predicted octanol–water partition coefficient (Wildman–Crippen LogP) is 13.0. The first-order chi connectivity index (χ1) is 27.7. The van der Waals surface area contributed by atoms with E-state index >= 15 is 0 Å². The van der Waals surface area contributed by atoms with E-state index in [0.29, 0.717) is 5.84 Å². The fraction of sp³-hybridized carbons (Fsp3) is 0.0196. The molecule has 10 aromatic rings. The van der Waals surface area contributed by atoms with Crippen LogP contribution in [0.3, 0.4) is 0 Å². The summed E-state index contributed by atoms with van der Waals surface area (Å²) in [5.74, 6) is 1.32. The Bertz CT molecular complexity index is 3170. The fourth-order valence-corrected chi connectivity index (χ4v) is 8.08. The lowest BCUT2D eigenvalue weighted by molar-refractivity contribution is 0.628. The highest BCUT2D eigenvalue weighted by Gasteiger charge is 2.27. The molecule has 0 spiro atoms. The average molecular weight is 720 g/mol. The van der Waals surface area contributed by atoms with Crippen LogP contribution in [-0.2, 0) is 0 Å². The van der Waals surface area contributed by atoms with E-state index in [1.165, 1.54) is 11.1 Å². The van der Waals surface area contributed by atoms with Crippen molar-refractivity contribution in [2.75, 3.05) is 0 Å². The van der Waals surface area contributed by atoms with Crippen molar-refractivity contribution in [2.45, 2.75) is 6.17 Å². The number of furan rings is 2. The molecular formula is C51H33N3O2. The van der Waals surface area contributed by atoms with Gasteiger partial charge in [0.05, 0.1) is 5.56 Å². The molecule has 0 amide bonds. The van der Waals surface area contributed by atoms with Gasteiger partial charge in [-0.25, -0.2) is 9.98 Å². The molecule has 264 valence electrons. The number of rotatable bonds is 6. The third-order valence-electron chi connectivity index (χ3n) is 10.8. The first-order valence-corrected chi connectivity index (χ1v) is 18.8. The molecule has 2 aromatic heterocycles. The average Bonchev–Trinajstić information content (AvgIpc) is 3.86. The van der Waals surface area contributed by atoms with Crippen molar-refractivity contribution in [2.24, 2.45) is 9.98 Å². The summed E-state index contributed by atoms with van der Waals surface area (Å²) in [4.78, 5) is 10.5. The van der Waals surface area contributed by atoms with E-state index in [9.17, 15) is 0 Å². The summed E-state index contributed by atoms with van der Waals surface area (Å²) in [5.41, 5.74) is 12.8. The highest BCUT2D eigenvalue weighted by Crippen LogP contribution is 2.41. The monoisotopic (exact) mass is 719 g/mol. The van der Waals surface area contributed by atoms with Gasteiger partial charge < -0.3 is 14.2 Å². The van der Waals surface area contributed by atoms with E-state index in [1.54, 1.807) is 0 Å². The van der Waals surface area contributed by atoms with Crippen LogP contribution < -0.4 is 5.32 Å². The number of nitrogens with one attached hydrogen (secondary N) is 1. The minimum Gasteiger partial charge on any atom is -0.456 e. The van der Waals surface area contributed by atoms with E-state index in [-0.39, 0.29) is 0 Å². The Labute approximate surface area is 322 Å². The minimum atomic E-state index is -0.468. The summed E-state index contributed by atoms with van der Waals surface area (Å²) in [6.07, 6.45) is -0.468. The van der Waals surface area contributed by atoms with Crippen molar-refractivity contribution in [3.63, 3.8) is 0 Å². The molecule has 1 N–H and O–H groups in total. The van der Waals surface area contributed by atoms with Crippen LogP contribution in [-0.4, -0.2) is 11.7 Å². The van der Waals surface area contributed by atoms with Crippen molar-refractivity contribution in [1.29, 1.82) is 0 Å². The van der Waals surface area contributed by atoms with Crippen LogP contribution in [0.15, 0.2) is 207 Å². The number of benzene rings is 8. The van der Waals surface area contributed by atoms with Gasteiger partial charge in [-0.15, -0.1) is 0 Å². The van der Waals surface area contributed by atoms with Crippen molar-refractivity contribution in [3.05, 3.63) is 205 Å². The zero-order valence-electron chi connectivity index (χ0n) is 30.2. The Morgan fingerprint density at radius 1 is 0.411 bits per heavy atom. The Morgan fingerprint density at radius 2 is 0.946 bits per heavy atom. The van der Waals surface area contributed by atoms with Gasteiger partial charge in [0.15, 0.2) is 12.0 Å². The molecule has 5 nitrogen and oxygen atoms in total. The van der Waals surface area contributed by atoms with Gasteiger partial charge in [-0.05, 0) is 63.7 Å². The van der Waals surface area contributed by atoms with E-state index in [2.05, 4.69) is 145 Å². The maximum atomic E-state index is 6.78. The van der Waals surface area contributed by atoms with Gasteiger partial charge >= 0.3 is 0 Å². The van der Waals surface area contributed by atoms with Crippen molar-refractivity contribution in [3.8, 4) is 33.4 Å². The second-order valence-electron chi connectivity index (χ2n) is 14.1. The molecule has 3 heterocycles. The summed E-state index contributed by atoms with van der Waals surface area (Å²) in [6.45, 7) is 0. The molecule has 11 rings (SSSR count). The third kappa shape index (κ3) is 5.40. The minimum absolute atomic E-state index is 0.468. The molecule has 0 radical (unpaired) electrons. The molecule has 56 heavy (non-hydrogen) atoms. The van der Waals surface area contributed by atoms with Crippen LogP contribution in [0.4, 0.5) is 0 Å². The van der Waals surface area contributed by atoms with E-state index in [4.69, 9.17) is 18.8 Å². The van der Waals surface area contributed by atoms with Crippen molar-refractivity contribution in [1.82, 2.24) is 5.32 Å².